The lowest BCUT2D eigenvalue weighted by Crippen LogP contribution is -2.46. The van der Waals surface area contributed by atoms with Gasteiger partial charge in [0.05, 0.1) is 12.6 Å². The van der Waals surface area contributed by atoms with Crippen molar-refractivity contribution in [2.24, 2.45) is 5.92 Å². The molecule has 0 aliphatic heterocycles. The first-order chi connectivity index (χ1) is 10.9. The fourth-order valence-electron chi connectivity index (χ4n) is 1.63. The van der Waals surface area contributed by atoms with Crippen molar-refractivity contribution in [1.29, 1.82) is 0 Å². The smallest absolute Gasteiger partial charge is 0.315 e. The molecule has 0 saturated heterocycles. The predicted octanol–water partition coefficient (Wildman–Crippen LogP) is 1.66. The Kier molecular flexibility index (Phi) is 7.87. The molecular formula is C16H24FN3O3. The number of carbonyl (C=O) groups is 2. The summed E-state index contributed by atoms with van der Waals surface area (Å²) in [7, 11) is 0. The van der Waals surface area contributed by atoms with Crippen LogP contribution >= 0.6 is 0 Å². The number of halogens is 1. The molecule has 0 spiro atoms. The Morgan fingerprint density at radius 3 is 2.52 bits per heavy atom. The van der Waals surface area contributed by atoms with Crippen molar-refractivity contribution in [3.05, 3.63) is 30.1 Å². The highest BCUT2D eigenvalue weighted by Gasteiger charge is 2.10. The van der Waals surface area contributed by atoms with Crippen LogP contribution in [0.15, 0.2) is 24.3 Å². The third-order valence-electron chi connectivity index (χ3n) is 2.82. The maximum Gasteiger partial charge on any atom is 0.315 e. The number of hydrogen-bond donors (Lipinski definition) is 3. The van der Waals surface area contributed by atoms with Gasteiger partial charge in [-0.1, -0.05) is 26.0 Å². The first-order valence-corrected chi connectivity index (χ1v) is 7.57. The van der Waals surface area contributed by atoms with E-state index in [-0.39, 0.29) is 30.9 Å². The standard InChI is InChI=1S/C16H24FN3O3/c1-11(2)8-18-15(21)9-19-16(22)20-12(3)10-23-14-7-5-4-6-13(14)17/h4-7,11-12H,8-10H2,1-3H3,(H,18,21)(H2,19,20,22). The highest BCUT2D eigenvalue weighted by Crippen LogP contribution is 2.15. The van der Waals surface area contributed by atoms with Gasteiger partial charge in [-0.15, -0.1) is 0 Å². The summed E-state index contributed by atoms with van der Waals surface area (Å²) in [6.07, 6.45) is 0. The number of amides is 3. The van der Waals surface area contributed by atoms with Gasteiger partial charge in [0.1, 0.15) is 6.61 Å². The molecule has 0 bridgehead atoms. The highest BCUT2D eigenvalue weighted by molar-refractivity contribution is 5.83. The normalized spacial score (nSPS) is 11.7. The molecule has 1 unspecified atom stereocenters. The van der Waals surface area contributed by atoms with E-state index < -0.39 is 11.8 Å². The third kappa shape index (κ3) is 8.04. The molecule has 0 aromatic heterocycles. The Morgan fingerprint density at radius 1 is 1.17 bits per heavy atom. The van der Waals surface area contributed by atoms with Crippen molar-refractivity contribution < 1.29 is 18.7 Å². The lowest BCUT2D eigenvalue weighted by atomic mass is 10.2. The van der Waals surface area contributed by atoms with E-state index >= 15 is 0 Å². The minimum atomic E-state index is -0.477. The quantitative estimate of drug-likeness (QED) is 0.680. The van der Waals surface area contributed by atoms with Crippen LogP contribution in [0.25, 0.3) is 0 Å². The molecular weight excluding hydrogens is 301 g/mol. The Labute approximate surface area is 135 Å². The summed E-state index contributed by atoms with van der Waals surface area (Å²) < 4.78 is 18.7. The molecule has 3 N–H and O–H groups in total. The van der Waals surface area contributed by atoms with Gasteiger partial charge in [-0.3, -0.25) is 4.79 Å². The maximum absolute atomic E-state index is 13.4. The van der Waals surface area contributed by atoms with Gasteiger partial charge >= 0.3 is 6.03 Å². The lowest BCUT2D eigenvalue weighted by molar-refractivity contribution is -0.120. The minimum absolute atomic E-state index is 0.0978. The number of urea groups is 1. The van der Waals surface area contributed by atoms with Crippen LogP contribution < -0.4 is 20.7 Å². The second-order valence-corrected chi connectivity index (χ2v) is 5.67. The summed E-state index contributed by atoms with van der Waals surface area (Å²) in [4.78, 5) is 23.1. The highest BCUT2D eigenvalue weighted by atomic mass is 19.1. The van der Waals surface area contributed by atoms with Crippen molar-refractivity contribution >= 4 is 11.9 Å². The van der Waals surface area contributed by atoms with Gasteiger partial charge in [0.25, 0.3) is 0 Å². The number of hydrogen-bond acceptors (Lipinski definition) is 3. The Bertz CT molecular complexity index is 523. The summed E-state index contributed by atoms with van der Waals surface area (Å²) in [5, 5.41) is 7.76. The topological polar surface area (TPSA) is 79.5 Å². The van der Waals surface area contributed by atoms with Gasteiger partial charge in [-0.25, -0.2) is 9.18 Å². The van der Waals surface area contributed by atoms with E-state index in [4.69, 9.17) is 4.74 Å². The first-order valence-electron chi connectivity index (χ1n) is 7.57. The second kappa shape index (κ2) is 9.66. The summed E-state index contributed by atoms with van der Waals surface area (Å²) in [5.74, 6) is -0.215. The van der Waals surface area contributed by atoms with E-state index in [1.54, 1.807) is 19.1 Å². The van der Waals surface area contributed by atoms with E-state index in [9.17, 15) is 14.0 Å². The van der Waals surface area contributed by atoms with E-state index in [0.717, 1.165) is 0 Å². The van der Waals surface area contributed by atoms with Gasteiger partial charge in [0.2, 0.25) is 5.91 Å². The monoisotopic (exact) mass is 325 g/mol. The molecule has 0 saturated carbocycles. The first kappa shape index (κ1) is 18.7. The molecule has 1 aromatic carbocycles. The molecule has 0 aliphatic rings. The summed E-state index contributed by atoms with van der Waals surface area (Å²) in [5.41, 5.74) is 0. The Balaban J connectivity index is 2.23. The van der Waals surface area contributed by atoms with Crippen molar-refractivity contribution in [2.45, 2.75) is 26.8 Å². The largest absolute Gasteiger partial charge is 0.488 e. The molecule has 0 aliphatic carbocycles. The fraction of sp³-hybridized carbons (Fsp3) is 0.500. The Hall–Kier alpha value is -2.31. The lowest BCUT2D eigenvalue weighted by Gasteiger charge is -2.16. The molecule has 0 heterocycles. The zero-order valence-corrected chi connectivity index (χ0v) is 13.7. The molecule has 6 nitrogen and oxygen atoms in total. The average molecular weight is 325 g/mol. The number of nitrogens with one attached hydrogen (secondary N) is 3. The molecule has 7 heteroatoms. The van der Waals surface area contributed by atoms with Crippen LogP contribution in [0.4, 0.5) is 9.18 Å². The van der Waals surface area contributed by atoms with Crippen LogP contribution in [0.3, 0.4) is 0 Å². The van der Waals surface area contributed by atoms with Crippen molar-refractivity contribution in [2.75, 3.05) is 19.7 Å². The van der Waals surface area contributed by atoms with Crippen LogP contribution in [-0.4, -0.2) is 37.7 Å². The number of carbonyl (C=O) groups excluding carboxylic acids is 2. The van der Waals surface area contributed by atoms with E-state index in [0.29, 0.717) is 12.5 Å². The van der Waals surface area contributed by atoms with E-state index in [2.05, 4.69) is 16.0 Å². The second-order valence-electron chi connectivity index (χ2n) is 5.67. The van der Waals surface area contributed by atoms with Crippen LogP contribution in [0.5, 0.6) is 5.75 Å². The van der Waals surface area contributed by atoms with Gasteiger partial charge in [-0.05, 0) is 25.0 Å². The van der Waals surface area contributed by atoms with Gasteiger partial charge in [-0.2, -0.15) is 0 Å². The molecule has 0 fully saturated rings. The average Bonchev–Trinajstić information content (AvgIpc) is 2.50. The van der Waals surface area contributed by atoms with Crippen LogP contribution in [0.2, 0.25) is 0 Å². The Morgan fingerprint density at radius 2 is 1.87 bits per heavy atom. The number of benzene rings is 1. The summed E-state index contributed by atoms with van der Waals surface area (Å²) in [6, 6.07) is 5.24. The van der Waals surface area contributed by atoms with Crippen LogP contribution in [0.1, 0.15) is 20.8 Å². The van der Waals surface area contributed by atoms with E-state index in [1.165, 1.54) is 12.1 Å². The van der Waals surface area contributed by atoms with Gasteiger partial charge < -0.3 is 20.7 Å². The molecule has 0 radical (unpaired) electrons. The number of rotatable bonds is 8. The molecule has 128 valence electrons. The third-order valence-corrected chi connectivity index (χ3v) is 2.82. The number of para-hydroxylation sites is 1. The van der Waals surface area contributed by atoms with Crippen LogP contribution in [-0.2, 0) is 4.79 Å². The fourth-order valence-corrected chi connectivity index (χ4v) is 1.63. The van der Waals surface area contributed by atoms with Crippen molar-refractivity contribution in [1.82, 2.24) is 16.0 Å². The van der Waals surface area contributed by atoms with E-state index in [1.807, 2.05) is 13.8 Å². The van der Waals surface area contributed by atoms with Gasteiger partial charge in [0, 0.05) is 6.54 Å². The van der Waals surface area contributed by atoms with Crippen molar-refractivity contribution in [3.8, 4) is 5.75 Å². The molecule has 3 amide bonds. The molecule has 1 atom stereocenters. The number of ether oxygens (including phenoxy) is 1. The predicted molar refractivity (Wildman–Crippen MR) is 85.7 cm³/mol. The van der Waals surface area contributed by atoms with Crippen molar-refractivity contribution in [3.63, 3.8) is 0 Å². The maximum atomic E-state index is 13.4. The zero-order chi connectivity index (χ0) is 17.2. The summed E-state index contributed by atoms with van der Waals surface area (Å²) in [6.45, 7) is 6.27. The molecule has 1 aromatic rings. The zero-order valence-electron chi connectivity index (χ0n) is 13.7. The minimum Gasteiger partial charge on any atom is -0.488 e. The SMILES string of the molecule is CC(C)CNC(=O)CNC(=O)NC(C)COc1ccccc1F. The van der Waals surface area contributed by atoms with Crippen LogP contribution in [0, 0.1) is 11.7 Å². The molecule has 1 rings (SSSR count). The summed E-state index contributed by atoms with van der Waals surface area (Å²) >= 11 is 0. The molecule has 23 heavy (non-hydrogen) atoms. The van der Waals surface area contributed by atoms with Gasteiger partial charge in [0.15, 0.2) is 11.6 Å².